The highest BCUT2D eigenvalue weighted by Gasteiger charge is 2.46. The van der Waals surface area contributed by atoms with Crippen LogP contribution in [-0.4, -0.2) is 40.9 Å². The Morgan fingerprint density at radius 3 is 2.45 bits per heavy atom. The first-order valence-corrected chi connectivity index (χ1v) is 10.4. The molecule has 1 amide bonds. The van der Waals surface area contributed by atoms with Crippen LogP contribution in [0.2, 0.25) is 0 Å². The maximum atomic E-state index is 13.2. The average molecular weight is 444 g/mol. The normalized spacial score (nSPS) is 17.3. The minimum Gasteiger partial charge on any atom is -0.507 e. The highest BCUT2D eigenvalue weighted by Crippen LogP contribution is 2.42. The van der Waals surface area contributed by atoms with Crippen LogP contribution >= 0.6 is 0 Å². The zero-order valence-electron chi connectivity index (χ0n) is 18.6. The van der Waals surface area contributed by atoms with E-state index in [2.05, 4.69) is 4.98 Å². The molecule has 0 spiro atoms. The zero-order chi connectivity index (χ0) is 23.5. The third-order valence-corrected chi connectivity index (χ3v) is 5.66. The molecule has 0 bridgehead atoms. The molecule has 1 N–H and O–H groups in total. The minimum absolute atomic E-state index is 0.0168. The number of carbonyl (C=O) groups excluding carboxylic acids is 2. The number of rotatable bonds is 6. The topological polar surface area (TPSA) is 89.0 Å². The van der Waals surface area contributed by atoms with E-state index in [1.807, 2.05) is 31.2 Å². The van der Waals surface area contributed by atoms with Gasteiger partial charge in [0.1, 0.15) is 17.3 Å². The molecule has 0 radical (unpaired) electrons. The lowest BCUT2D eigenvalue weighted by atomic mass is 9.94. The molecule has 1 saturated heterocycles. The van der Waals surface area contributed by atoms with Crippen molar-refractivity contribution in [1.29, 1.82) is 0 Å². The van der Waals surface area contributed by atoms with Crippen molar-refractivity contribution in [3.8, 4) is 11.5 Å². The van der Waals surface area contributed by atoms with Crippen molar-refractivity contribution in [2.24, 2.45) is 0 Å². The fraction of sp³-hybridized carbons (Fsp3) is 0.192. The van der Waals surface area contributed by atoms with Crippen LogP contribution < -0.4 is 9.47 Å². The smallest absolute Gasteiger partial charge is 0.295 e. The van der Waals surface area contributed by atoms with Gasteiger partial charge in [0.25, 0.3) is 11.7 Å². The van der Waals surface area contributed by atoms with Gasteiger partial charge in [-0.3, -0.25) is 14.6 Å². The van der Waals surface area contributed by atoms with Gasteiger partial charge in [-0.1, -0.05) is 29.8 Å². The van der Waals surface area contributed by atoms with Gasteiger partial charge in [0.15, 0.2) is 0 Å². The van der Waals surface area contributed by atoms with Crippen LogP contribution in [0.4, 0.5) is 0 Å². The van der Waals surface area contributed by atoms with Gasteiger partial charge >= 0.3 is 0 Å². The van der Waals surface area contributed by atoms with E-state index < -0.39 is 17.7 Å². The molecular formula is C26H24N2O5. The lowest BCUT2D eigenvalue weighted by molar-refractivity contribution is -0.140. The van der Waals surface area contributed by atoms with Crippen LogP contribution in [0.5, 0.6) is 11.5 Å². The second kappa shape index (κ2) is 9.16. The van der Waals surface area contributed by atoms with E-state index in [0.717, 1.165) is 16.7 Å². The first-order valence-electron chi connectivity index (χ1n) is 10.4. The maximum absolute atomic E-state index is 13.2. The molecule has 1 aliphatic heterocycles. The summed E-state index contributed by atoms with van der Waals surface area (Å²) in [6, 6.07) is 15.3. The molecule has 1 fully saturated rings. The standard InChI is InChI=1S/C26H24N2O5/c1-16-5-4-6-18(13-16)23-22(24(29)20-8-7-19(32-2)14-21(20)33-3)25(30)26(31)28(23)15-17-9-11-27-12-10-17/h4-14,23,29H,15H2,1-3H3/b24-22-. The number of ether oxygens (including phenoxy) is 2. The molecule has 3 aromatic rings. The zero-order valence-corrected chi connectivity index (χ0v) is 18.6. The number of aliphatic hydroxyl groups is 1. The van der Waals surface area contributed by atoms with Crippen LogP contribution in [0, 0.1) is 6.92 Å². The largest absolute Gasteiger partial charge is 0.507 e. The van der Waals surface area contributed by atoms with E-state index in [-0.39, 0.29) is 17.9 Å². The third-order valence-electron chi connectivity index (χ3n) is 5.66. The number of Topliss-reactive ketones (excluding diaryl/α,β-unsaturated/α-hetero) is 1. The Kier molecular flexibility index (Phi) is 6.13. The second-order valence-electron chi connectivity index (χ2n) is 7.76. The number of amides is 1. The number of aromatic nitrogens is 1. The molecule has 7 nitrogen and oxygen atoms in total. The van der Waals surface area contributed by atoms with Crippen LogP contribution in [0.25, 0.3) is 5.76 Å². The summed E-state index contributed by atoms with van der Waals surface area (Å²) in [4.78, 5) is 31.9. The van der Waals surface area contributed by atoms with Crippen LogP contribution in [0.3, 0.4) is 0 Å². The molecule has 2 heterocycles. The summed E-state index contributed by atoms with van der Waals surface area (Å²) in [5.74, 6) is -0.846. The van der Waals surface area contributed by atoms with Crippen molar-refractivity contribution in [2.45, 2.75) is 19.5 Å². The Morgan fingerprint density at radius 2 is 1.79 bits per heavy atom. The molecule has 33 heavy (non-hydrogen) atoms. The number of aryl methyl sites for hydroxylation is 1. The number of hydrogen-bond acceptors (Lipinski definition) is 6. The van der Waals surface area contributed by atoms with Crippen molar-refractivity contribution in [3.05, 3.63) is 94.8 Å². The molecular weight excluding hydrogens is 420 g/mol. The van der Waals surface area contributed by atoms with Crippen LogP contribution in [0.1, 0.15) is 28.3 Å². The Hall–Kier alpha value is -4.13. The highest BCUT2D eigenvalue weighted by molar-refractivity contribution is 6.46. The SMILES string of the molecule is COc1ccc(/C(O)=C2/C(=O)C(=O)N(Cc3ccncc3)C2c2cccc(C)c2)c(OC)c1. The van der Waals surface area contributed by atoms with Crippen molar-refractivity contribution in [1.82, 2.24) is 9.88 Å². The average Bonchev–Trinajstić information content (AvgIpc) is 3.08. The Balaban J connectivity index is 1.90. The molecule has 2 aromatic carbocycles. The molecule has 0 saturated carbocycles. The van der Waals surface area contributed by atoms with Crippen molar-refractivity contribution in [3.63, 3.8) is 0 Å². The highest BCUT2D eigenvalue weighted by atomic mass is 16.5. The van der Waals surface area contributed by atoms with Crippen molar-refractivity contribution < 1.29 is 24.2 Å². The summed E-state index contributed by atoms with van der Waals surface area (Å²) in [6.45, 7) is 2.13. The summed E-state index contributed by atoms with van der Waals surface area (Å²) >= 11 is 0. The molecule has 1 aromatic heterocycles. The fourth-order valence-corrected chi connectivity index (χ4v) is 4.05. The summed E-state index contributed by atoms with van der Waals surface area (Å²) in [5, 5.41) is 11.3. The van der Waals surface area contributed by atoms with E-state index in [9.17, 15) is 14.7 Å². The number of carbonyl (C=O) groups is 2. The second-order valence-corrected chi connectivity index (χ2v) is 7.76. The summed E-state index contributed by atoms with van der Waals surface area (Å²) < 4.78 is 10.7. The van der Waals surface area contributed by atoms with E-state index in [4.69, 9.17) is 9.47 Å². The third kappa shape index (κ3) is 4.17. The number of nitrogens with zero attached hydrogens (tertiary/aromatic N) is 2. The lowest BCUT2D eigenvalue weighted by Crippen LogP contribution is -2.29. The maximum Gasteiger partial charge on any atom is 0.295 e. The number of ketones is 1. The quantitative estimate of drug-likeness (QED) is 0.351. The number of aliphatic hydroxyl groups excluding tert-OH is 1. The van der Waals surface area contributed by atoms with Gasteiger partial charge in [0.2, 0.25) is 0 Å². The molecule has 1 aliphatic rings. The van der Waals surface area contributed by atoms with Gasteiger partial charge in [-0.05, 0) is 42.3 Å². The molecule has 7 heteroatoms. The first kappa shape index (κ1) is 22.1. The summed E-state index contributed by atoms with van der Waals surface area (Å²) in [7, 11) is 2.99. The van der Waals surface area contributed by atoms with E-state index in [1.54, 1.807) is 42.7 Å². The molecule has 1 atom stereocenters. The Morgan fingerprint density at radius 1 is 1.03 bits per heavy atom. The van der Waals surface area contributed by atoms with E-state index in [0.29, 0.717) is 17.1 Å². The number of pyridine rings is 1. The minimum atomic E-state index is -0.759. The predicted molar refractivity (Wildman–Crippen MR) is 123 cm³/mol. The lowest BCUT2D eigenvalue weighted by Gasteiger charge is -2.26. The Bertz CT molecular complexity index is 1240. The van der Waals surface area contributed by atoms with Gasteiger partial charge in [-0.15, -0.1) is 0 Å². The van der Waals surface area contributed by atoms with Gasteiger partial charge in [0, 0.05) is 25.0 Å². The number of methoxy groups -OCH3 is 2. The molecule has 0 aliphatic carbocycles. The van der Waals surface area contributed by atoms with Gasteiger partial charge in [-0.25, -0.2) is 0 Å². The summed E-state index contributed by atoms with van der Waals surface area (Å²) in [6.07, 6.45) is 3.27. The molecule has 1 unspecified atom stereocenters. The first-order chi connectivity index (χ1) is 15.9. The van der Waals surface area contributed by atoms with Crippen molar-refractivity contribution in [2.75, 3.05) is 14.2 Å². The number of likely N-dealkylation sites (tertiary alicyclic amines) is 1. The monoisotopic (exact) mass is 444 g/mol. The van der Waals surface area contributed by atoms with Gasteiger partial charge < -0.3 is 19.5 Å². The predicted octanol–water partition coefficient (Wildman–Crippen LogP) is 4.03. The van der Waals surface area contributed by atoms with Gasteiger partial charge in [0.05, 0.1) is 31.4 Å². The number of benzene rings is 2. The van der Waals surface area contributed by atoms with Crippen LogP contribution in [0.15, 0.2) is 72.6 Å². The van der Waals surface area contributed by atoms with Crippen LogP contribution in [-0.2, 0) is 16.1 Å². The van der Waals surface area contributed by atoms with Crippen molar-refractivity contribution >= 4 is 17.4 Å². The molecule has 4 rings (SSSR count). The van der Waals surface area contributed by atoms with E-state index >= 15 is 0 Å². The number of hydrogen-bond donors (Lipinski definition) is 1. The fourth-order valence-electron chi connectivity index (χ4n) is 4.05. The molecule has 168 valence electrons. The van der Waals surface area contributed by atoms with Gasteiger partial charge in [-0.2, -0.15) is 0 Å². The van der Waals surface area contributed by atoms with E-state index in [1.165, 1.54) is 19.1 Å². The Labute approximate surface area is 191 Å². The summed E-state index contributed by atoms with van der Waals surface area (Å²) in [5.41, 5.74) is 2.86.